The molecular formula is C22H27ClN2O5S2. The number of carboxylic acids is 1. The number of carboxylic acid groups (broad SMARTS) is 1. The highest BCUT2D eigenvalue weighted by Gasteiger charge is 2.31. The molecule has 2 amide bonds. The number of nitrogens with one attached hydrogen (secondary N) is 1. The van der Waals surface area contributed by atoms with Gasteiger partial charge in [-0.05, 0) is 50.0 Å². The first-order valence-corrected chi connectivity index (χ1v) is 12.1. The molecule has 1 saturated heterocycles. The topological polar surface area (TPSA) is 107 Å². The zero-order valence-electron chi connectivity index (χ0n) is 17.6. The van der Waals surface area contributed by atoms with Gasteiger partial charge in [-0.3, -0.25) is 19.3 Å². The van der Waals surface area contributed by atoms with E-state index in [-0.39, 0.29) is 24.0 Å². The van der Waals surface area contributed by atoms with Crippen molar-refractivity contribution in [2.45, 2.75) is 51.4 Å². The van der Waals surface area contributed by atoms with Gasteiger partial charge >= 0.3 is 5.97 Å². The maximum absolute atomic E-state index is 12.7. The second-order valence-electron chi connectivity index (χ2n) is 7.40. The third kappa shape index (κ3) is 8.80. The zero-order valence-corrected chi connectivity index (χ0v) is 20.0. The minimum atomic E-state index is -0.795. The van der Waals surface area contributed by atoms with E-state index >= 15 is 0 Å². The zero-order chi connectivity index (χ0) is 23.5. The van der Waals surface area contributed by atoms with Gasteiger partial charge in [-0.1, -0.05) is 48.4 Å². The summed E-state index contributed by atoms with van der Waals surface area (Å²) in [5, 5.41) is 21.8. The Morgan fingerprint density at radius 3 is 2.59 bits per heavy atom. The van der Waals surface area contributed by atoms with Crippen molar-refractivity contribution in [2.75, 3.05) is 13.1 Å². The molecule has 7 nitrogen and oxygen atoms in total. The van der Waals surface area contributed by atoms with Crippen molar-refractivity contribution >= 4 is 63.8 Å². The average molecular weight is 499 g/mol. The fourth-order valence-electron chi connectivity index (χ4n) is 3.10. The minimum Gasteiger partial charge on any atom is -0.507 e. The lowest BCUT2D eigenvalue weighted by molar-refractivity contribution is -0.137. The third-order valence-corrected chi connectivity index (χ3v) is 6.44. The quantitative estimate of drug-likeness (QED) is 0.208. The molecule has 0 saturated carbocycles. The lowest BCUT2D eigenvalue weighted by atomic mass is 10.1. The Bertz CT molecular complexity index is 891. The van der Waals surface area contributed by atoms with Gasteiger partial charge in [0, 0.05) is 36.5 Å². The maximum atomic E-state index is 12.7. The van der Waals surface area contributed by atoms with E-state index in [2.05, 4.69) is 5.32 Å². The van der Waals surface area contributed by atoms with E-state index in [9.17, 15) is 19.5 Å². The predicted octanol–water partition coefficient (Wildman–Crippen LogP) is 4.57. The van der Waals surface area contributed by atoms with E-state index in [0.717, 1.165) is 25.7 Å². The van der Waals surface area contributed by atoms with Crippen molar-refractivity contribution in [2.24, 2.45) is 0 Å². The fraction of sp³-hybridized carbons (Fsp3) is 0.455. The number of carbonyl (C=O) groups excluding carboxylic acids is 2. The summed E-state index contributed by atoms with van der Waals surface area (Å²) in [6, 6.07) is 4.64. The van der Waals surface area contributed by atoms with Crippen LogP contribution in [0.25, 0.3) is 6.08 Å². The molecule has 174 valence electrons. The summed E-state index contributed by atoms with van der Waals surface area (Å²) in [6.07, 6.45) is 6.57. The Labute approximate surface area is 202 Å². The number of hydrogen-bond acceptors (Lipinski definition) is 6. The number of unbranched alkanes of at least 4 members (excludes halogenated alkanes) is 4. The molecule has 10 heteroatoms. The molecule has 0 aliphatic carbocycles. The van der Waals surface area contributed by atoms with Crippen molar-refractivity contribution in [1.82, 2.24) is 10.2 Å². The van der Waals surface area contributed by atoms with E-state index in [1.807, 2.05) is 0 Å². The Kier molecular flexibility index (Phi) is 11.0. The Morgan fingerprint density at radius 2 is 1.84 bits per heavy atom. The molecule has 1 aromatic carbocycles. The number of hydrogen-bond donors (Lipinski definition) is 3. The first-order valence-electron chi connectivity index (χ1n) is 10.5. The van der Waals surface area contributed by atoms with Gasteiger partial charge in [0.25, 0.3) is 5.91 Å². The van der Waals surface area contributed by atoms with Crippen LogP contribution in [0.2, 0.25) is 5.02 Å². The molecule has 1 aromatic rings. The molecule has 1 aliphatic rings. The fourth-order valence-corrected chi connectivity index (χ4v) is 4.58. The molecular weight excluding hydrogens is 472 g/mol. The van der Waals surface area contributed by atoms with E-state index in [0.29, 0.717) is 52.2 Å². The Morgan fingerprint density at radius 1 is 1.12 bits per heavy atom. The Balaban J connectivity index is 1.66. The smallest absolute Gasteiger partial charge is 0.303 e. The third-order valence-electron chi connectivity index (χ3n) is 4.82. The molecule has 2 rings (SSSR count). The summed E-state index contributed by atoms with van der Waals surface area (Å²) >= 11 is 12.5. The number of nitrogens with zero attached hydrogens (tertiary/aromatic N) is 1. The van der Waals surface area contributed by atoms with Crippen LogP contribution >= 0.6 is 35.6 Å². The highest BCUT2D eigenvalue weighted by molar-refractivity contribution is 8.26. The number of thiocarbonyl (C=S) groups is 1. The van der Waals surface area contributed by atoms with Crippen molar-refractivity contribution < 1.29 is 24.6 Å². The maximum Gasteiger partial charge on any atom is 0.303 e. The molecule has 0 atom stereocenters. The molecule has 0 spiro atoms. The number of benzene rings is 1. The molecule has 1 heterocycles. The van der Waals surface area contributed by atoms with E-state index < -0.39 is 5.97 Å². The van der Waals surface area contributed by atoms with Crippen LogP contribution in [0.5, 0.6) is 5.75 Å². The van der Waals surface area contributed by atoms with E-state index in [4.69, 9.17) is 28.9 Å². The van der Waals surface area contributed by atoms with Crippen LogP contribution in [0.1, 0.15) is 56.9 Å². The van der Waals surface area contributed by atoms with Crippen molar-refractivity contribution in [1.29, 1.82) is 0 Å². The molecule has 3 N–H and O–H groups in total. The van der Waals surface area contributed by atoms with Crippen molar-refractivity contribution in [3.63, 3.8) is 0 Å². The first kappa shape index (κ1) is 26.2. The van der Waals surface area contributed by atoms with Gasteiger partial charge in [0.05, 0.1) is 4.91 Å². The second-order valence-corrected chi connectivity index (χ2v) is 9.51. The van der Waals surface area contributed by atoms with Crippen molar-refractivity contribution in [3.8, 4) is 5.75 Å². The lowest BCUT2D eigenvalue weighted by Gasteiger charge is -2.14. The molecule has 0 aromatic heterocycles. The number of thioether (sulfide) groups is 1. The summed E-state index contributed by atoms with van der Waals surface area (Å²) in [4.78, 5) is 36.9. The number of carbonyl (C=O) groups is 3. The van der Waals surface area contributed by atoms with Crippen LogP contribution in [0.3, 0.4) is 0 Å². The van der Waals surface area contributed by atoms with Gasteiger partial charge in [0.15, 0.2) is 0 Å². The summed E-state index contributed by atoms with van der Waals surface area (Å²) in [5.41, 5.74) is 0.464. The van der Waals surface area contributed by atoms with Crippen LogP contribution in [0, 0.1) is 0 Å². The molecule has 0 bridgehead atoms. The van der Waals surface area contributed by atoms with Gasteiger partial charge in [0.2, 0.25) is 5.91 Å². The molecule has 1 aliphatic heterocycles. The number of aromatic hydroxyl groups is 1. The van der Waals surface area contributed by atoms with Crippen LogP contribution in [0.15, 0.2) is 23.1 Å². The SMILES string of the molecule is O=C(O)CCCCCNC(=O)CCCCCN1C(=O)/C(=C/c2cc(Cl)ccc2O)SC1=S. The molecule has 0 unspecified atom stereocenters. The summed E-state index contributed by atoms with van der Waals surface area (Å²) in [7, 11) is 0. The predicted molar refractivity (Wildman–Crippen MR) is 131 cm³/mol. The van der Waals surface area contributed by atoms with Crippen LogP contribution in [0.4, 0.5) is 0 Å². The largest absolute Gasteiger partial charge is 0.507 e. The van der Waals surface area contributed by atoms with Gasteiger partial charge in [-0.15, -0.1) is 0 Å². The number of amides is 2. The first-order chi connectivity index (χ1) is 15.3. The molecule has 0 radical (unpaired) electrons. The highest BCUT2D eigenvalue weighted by atomic mass is 35.5. The van der Waals surface area contributed by atoms with Crippen LogP contribution in [-0.2, 0) is 14.4 Å². The summed E-state index contributed by atoms with van der Waals surface area (Å²) in [5.74, 6) is -0.965. The number of aliphatic carboxylic acids is 1. The van der Waals surface area contributed by atoms with Crippen molar-refractivity contribution in [3.05, 3.63) is 33.7 Å². The van der Waals surface area contributed by atoms with Gasteiger partial charge in [-0.25, -0.2) is 0 Å². The number of phenols is 1. The van der Waals surface area contributed by atoms with Crippen LogP contribution in [-0.4, -0.2) is 50.3 Å². The Hall–Kier alpha value is -2.10. The standard InChI is InChI=1S/C22H27ClN2O5S2/c23-16-9-10-17(26)15(13-16)14-18-21(30)25(22(31)32-18)12-6-2-3-7-19(27)24-11-5-1-4-8-20(28)29/h9-10,13-14,26H,1-8,11-12H2,(H,24,27)(H,28,29)/b18-14-. The highest BCUT2D eigenvalue weighted by Crippen LogP contribution is 2.34. The minimum absolute atomic E-state index is 0.0156. The monoisotopic (exact) mass is 498 g/mol. The van der Waals surface area contributed by atoms with E-state index in [1.54, 1.807) is 23.1 Å². The number of phenolic OH excluding ortho intramolecular Hbond substituents is 1. The van der Waals surface area contributed by atoms with Gasteiger partial charge in [-0.2, -0.15) is 0 Å². The van der Waals surface area contributed by atoms with E-state index in [1.165, 1.54) is 17.8 Å². The normalized spacial score (nSPS) is 14.9. The summed E-state index contributed by atoms with van der Waals surface area (Å²) < 4.78 is 0.475. The number of halogens is 1. The molecule has 1 fully saturated rings. The van der Waals surface area contributed by atoms with Gasteiger partial charge in [0.1, 0.15) is 10.1 Å². The number of rotatable bonds is 13. The lowest BCUT2D eigenvalue weighted by Crippen LogP contribution is -2.29. The van der Waals surface area contributed by atoms with Crippen LogP contribution < -0.4 is 5.32 Å². The average Bonchev–Trinajstić information content (AvgIpc) is 3.00. The van der Waals surface area contributed by atoms with Gasteiger partial charge < -0.3 is 15.5 Å². The summed E-state index contributed by atoms with van der Waals surface area (Å²) in [6.45, 7) is 1.04. The molecule has 32 heavy (non-hydrogen) atoms. The second kappa shape index (κ2) is 13.4.